The van der Waals surface area contributed by atoms with Gasteiger partial charge in [0.2, 0.25) is 0 Å². The summed E-state index contributed by atoms with van der Waals surface area (Å²) in [6, 6.07) is 16.8. The summed E-state index contributed by atoms with van der Waals surface area (Å²) in [5.74, 6) is 2.84. The fraction of sp³-hybridized carbons (Fsp3) is 0.318. The van der Waals surface area contributed by atoms with Gasteiger partial charge >= 0.3 is 0 Å². The lowest BCUT2D eigenvalue weighted by Crippen LogP contribution is -2.38. The Morgan fingerprint density at radius 2 is 1.61 bits per heavy atom. The lowest BCUT2D eigenvalue weighted by atomic mass is 9.78. The second kappa shape index (κ2) is 11.2. The molecule has 46 heavy (non-hydrogen) atoms. The van der Waals surface area contributed by atoms with Crippen LogP contribution in [0.3, 0.4) is 0 Å². The summed E-state index contributed by atoms with van der Waals surface area (Å²) in [7, 11) is 0. The average molecular weight is 601 g/mol. The first-order chi connectivity index (χ1) is 22.6. The van der Waals surface area contributed by atoms with Crippen molar-refractivity contribution in [2.75, 3.05) is 0 Å². The summed E-state index contributed by atoms with van der Waals surface area (Å²) in [5, 5.41) is 2.67. The molecule has 230 valence electrons. The third-order valence-corrected chi connectivity index (χ3v) is 11.5. The second-order valence-electron chi connectivity index (χ2n) is 14.6. The number of hydrogen-bond acceptors (Lipinski definition) is 1. The number of nitrogens with zero attached hydrogens (tertiary/aromatic N) is 2. The molecule has 6 aliphatic rings. The Hall–Kier alpha value is -4.30. The quantitative estimate of drug-likeness (QED) is 0.289. The van der Waals surface area contributed by atoms with Crippen molar-refractivity contribution in [3.63, 3.8) is 0 Å². The lowest BCUT2D eigenvalue weighted by Gasteiger charge is -2.39. The minimum absolute atomic E-state index is 0.350. The summed E-state index contributed by atoms with van der Waals surface area (Å²) in [4.78, 5) is 2.83. The first kappa shape index (κ1) is 28.0. The van der Waals surface area contributed by atoms with E-state index in [1.165, 1.54) is 51.5 Å². The van der Waals surface area contributed by atoms with Gasteiger partial charge in [-0.15, -0.1) is 0 Å². The van der Waals surface area contributed by atoms with E-state index in [1.807, 2.05) is 0 Å². The van der Waals surface area contributed by atoms with Crippen LogP contribution in [0.25, 0.3) is 33.1 Å². The van der Waals surface area contributed by atoms with Crippen molar-refractivity contribution in [1.82, 2.24) is 9.47 Å². The van der Waals surface area contributed by atoms with E-state index in [4.69, 9.17) is 0 Å². The van der Waals surface area contributed by atoms with Crippen LogP contribution in [0.15, 0.2) is 139 Å². The number of aromatic nitrogens is 1. The number of hydrogen-bond donors (Lipinski definition) is 0. The standard InChI is InChI=1S/C44H44N2/c1-29-16-18-31(19-17-29)34-24-30(2)25-36(26-34)46-42-15-9-7-13-38(42)40-23-21-33(28-44(40)46)32-20-22-39-37-12-6-8-14-41(37)45(43(39)27-32)35-10-4-3-5-11-35/h3-4,6-10,12-16,18-23,25,27-30,34,38,40,42,44H,5,11,17,24,26H2,1-2H3/t29?,30-,34?,38?,40?,42?,44?/m1/s1. The molecule has 2 aromatic carbocycles. The SMILES string of the molecule is CC1C=CC(C2CC(N3C4C=CC=CC4C4C=CC(c5ccc6c7ccccc7n(C7=CC=CCC7)c6c5)=CC43)=C[C@H](C)C2)=CC1. The first-order valence-corrected chi connectivity index (χ1v) is 17.6. The van der Waals surface area contributed by atoms with Crippen molar-refractivity contribution < 1.29 is 0 Å². The Labute approximate surface area is 273 Å². The summed E-state index contributed by atoms with van der Waals surface area (Å²) in [5.41, 5.74) is 9.78. The van der Waals surface area contributed by atoms with Crippen LogP contribution < -0.4 is 0 Å². The Balaban J connectivity index is 1.12. The van der Waals surface area contributed by atoms with Gasteiger partial charge in [-0.2, -0.15) is 0 Å². The van der Waals surface area contributed by atoms with Crippen LogP contribution >= 0.6 is 0 Å². The number of rotatable bonds is 4. The van der Waals surface area contributed by atoms with Crippen LogP contribution in [-0.4, -0.2) is 21.6 Å². The molecule has 2 heterocycles. The Kier molecular flexibility index (Phi) is 6.81. The van der Waals surface area contributed by atoms with Crippen LogP contribution in [0.1, 0.15) is 51.5 Å². The van der Waals surface area contributed by atoms with Gasteiger partial charge in [-0.1, -0.05) is 123 Å². The monoisotopic (exact) mass is 600 g/mol. The number of benzene rings is 2. The van der Waals surface area contributed by atoms with E-state index in [-0.39, 0.29) is 0 Å². The molecular weight excluding hydrogens is 556 g/mol. The molecule has 1 saturated heterocycles. The van der Waals surface area contributed by atoms with Crippen molar-refractivity contribution in [3.05, 3.63) is 144 Å². The smallest absolute Gasteiger partial charge is 0.0554 e. The molecule has 7 atom stereocenters. The van der Waals surface area contributed by atoms with Crippen LogP contribution in [0.5, 0.6) is 0 Å². The zero-order chi connectivity index (χ0) is 30.8. The lowest BCUT2D eigenvalue weighted by molar-refractivity contribution is 0.264. The zero-order valence-corrected chi connectivity index (χ0v) is 27.1. The van der Waals surface area contributed by atoms with Crippen molar-refractivity contribution in [3.8, 4) is 0 Å². The minimum Gasteiger partial charge on any atom is -0.361 e. The first-order valence-electron chi connectivity index (χ1n) is 17.6. The minimum atomic E-state index is 0.350. The number of para-hydroxylation sites is 1. The molecule has 0 radical (unpaired) electrons. The molecule has 6 unspecified atom stereocenters. The maximum absolute atomic E-state index is 2.83. The van der Waals surface area contributed by atoms with Gasteiger partial charge in [-0.3, -0.25) is 0 Å². The van der Waals surface area contributed by atoms with Crippen LogP contribution in [-0.2, 0) is 0 Å². The topological polar surface area (TPSA) is 8.17 Å². The van der Waals surface area contributed by atoms with E-state index in [2.05, 4.69) is 151 Å². The van der Waals surface area contributed by atoms with Crippen LogP contribution in [0, 0.1) is 29.6 Å². The van der Waals surface area contributed by atoms with Crippen molar-refractivity contribution in [2.45, 2.75) is 58.0 Å². The second-order valence-corrected chi connectivity index (χ2v) is 14.6. The molecule has 0 amide bonds. The number of allylic oxidation sites excluding steroid dienone is 14. The van der Waals surface area contributed by atoms with Crippen LogP contribution in [0.4, 0.5) is 0 Å². The highest BCUT2D eigenvalue weighted by molar-refractivity contribution is 6.10. The third kappa shape index (κ3) is 4.60. The Bertz CT molecular complexity index is 2000. The van der Waals surface area contributed by atoms with Gasteiger partial charge in [0, 0.05) is 34.0 Å². The molecule has 0 bridgehead atoms. The molecule has 5 aliphatic carbocycles. The fourth-order valence-corrected chi connectivity index (χ4v) is 9.30. The molecule has 1 aromatic heterocycles. The molecule has 0 spiro atoms. The Morgan fingerprint density at radius 3 is 2.48 bits per heavy atom. The predicted octanol–water partition coefficient (Wildman–Crippen LogP) is 10.8. The van der Waals surface area contributed by atoms with E-state index < -0.39 is 0 Å². The molecule has 0 N–H and O–H groups in total. The molecule has 2 nitrogen and oxygen atoms in total. The molecule has 9 rings (SSSR count). The summed E-state index contributed by atoms with van der Waals surface area (Å²) < 4.78 is 2.52. The van der Waals surface area contributed by atoms with E-state index in [9.17, 15) is 0 Å². The van der Waals surface area contributed by atoms with Gasteiger partial charge in [0.1, 0.15) is 0 Å². The number of likely N-dealkylation sites (tertiary alicyclic amines) is 1. The van der Waals surface area contributed by atoms with E-state index in [0.717, 1.165) is 19.3 Å². The van der Waals surface area contributed by atoms with Gasteiger partial charge in [0.05, 0.1) is 23.1 Å². The largest absolute Gasteiger partial charge is 0.361 e. The number of fused-ring (bicyclic) bond motifs is 6. The molecule has 0 saturated carbocycles. The zero-order valence-electron chi connectivity index (χ0n) is 27.1. The van der Waals surface area contributed by atoms with Gasteiger partial charge in [0.25, 0.3) is 0 Å². The molecule has 3 aromatic rings. The van der Waals surface area contributed by atoms with Crippen molar-refractivity contribution >= 4 is 33.1 Å². The van der Waals surface area contributed by atoms with Gasteiger partial charge in [-0.25, -0.2) is 0 Å². The highest BCUT2D eigenvalue weighted by Crippen LogP contribution is 2.49. The van der Waals surface area contributed by atoms with Gasteiger partial charge < -0.3 is 9.47 Å². The van der Waals surface area contributed by atoms with E-state index >= 15 is 0 Å². The van der Waals surface area contributed by atoms with Crippen LogP contribution in [0.2, 0.25) is 0 Å². The van der Waals surface area contributed by atoms with E-state index in [1.54, 1.807) is 11.3 Å². The van der Waals surface area contributed by atoms with Gasteiger partial charge in [-0.05, 0) is 84.8 Å². The van der Waals surface area contributed by atoms with Crippen molar-refractivity contribution in [1.29, 1.82) is 0 Å². The predicted molar refractivity (Wildman–Crippen MR) is 195 cm³/mol. The Morgan fingerprint density at radius 1 is 0.739 bits per heavy atom. The van der Waals surface area contributed by atoms with Crippen molar-refractivity contribution in [2.24, 2.45) is 29.6 Å². The fourth-order valence-electron chi connectivity index (χ4n) is 9.30. The normalized spacial score (nSPS) is 31.5. The maximum Gasteiger partial charge on any atom is 0.0554 e. The molecule has 2 heteroatoms. The molecular formula is C44H44N2. The van der Waals surface area contributed by atoms with E-state index in [0.29, 0.717) is 41.7 Å². The molecule has 1 aliphatic heterocycles. The molecule has 1 fully saturated rings. The highest BCUT2D eigenvalue weighted by atomic mass is 15.2. The highest BCUT2D eigenvalue weighted by Gasteiger charge is 2.47. The van der Waals surface area contributed by atoms with Gasteiger partial charge in [0.15, 0.2) is 0 Å². The third-order valence-electron chi connectivity index (χ3n) is 11.5. The summed E-state index contributed by atoms with van der Waals surface area (Å²) in [6.07, 6.45) is 39.6. The average Bonchev–Trinajstić information content (AvgIpc) is 3.61. The maximum atomic E-state index is 2.83. The summed E-state index contributed by atoms with van der Waals surface area (Å²) in [6.45, 7) is 4.76. The summed E-state index contributed by atoms with van der Waals surface area (Å²) >= 11 is 0.